The molecule has 1 aliphatic heterocycles. The van der Waals surface area contributed by atoms with Gasteiger partial charge in [0.1, 0.15) is 11.6 Å². The normalized spacial score (nSPS) is 25.0. The molecule has 136 valence electrons. The first-order chi connectivity index (χ1) is 11.9. The van der Waals surface area contributed by atoms with Gasteiger partial charge in [0.15, 0.2) is 0 Å². The molecule has 0 N–H and O–H groups in total. The summed E-state index contributed by atoms with van der Waals surface area (Å²) in [7, 11) is 0. The molecule has 1 aliphatic rings. The third kappa shape index (κ3) is 5.37. The van der Waals surface area contributed by atoms with Crippen LogP contribution in [0.5, 0.6) is 0 Å². The number of hydrogen-bond donors (Lipinski definition) is 0. The molecule has 3 unspecified atom stereocenters. The van der Waals surface area contributed by atoms with Crippen LogP contribution >= 0.6 is 0 Å². The Morgan fingerprint density at radius 1 is 0.840 bits per heavy atom. The summed E-state index contributed by atoms with van der Waals surface area (Å²) in [6, 6.07) is 16.5. The van der Waals surface area contributed by atoms with Crippen molar-refractivity contribution in [2.24, 2.45) is 5.92 Å². The lowest BCUT2D eigenvalue weighted by molar-refractivity contribution is 0.0292. The molecule has 4 atom stereocenters. The van der Waals surface area contributed by atoms with Crippen LogP contribution in [-0.2, 0) is 0 Å². The Hall–Kier alpha value is -1.74. The summed E-state index contributed by atoms with van der Waals surface area (Å²) in [5.74, 6) is 0.408. The highest BCUT2D eigenvalue weighted by molar-refractivity contribution is 5.20. The zero-order chi connectivity index (χ0) is 18.4. The van der Waals surface area contributed by atoms with Crippen molar-refractivity contribution >= 4 is 0 Å². The summed E-state index contributed by atoms with van der Waals surface area (Å²) < 4.78 is 24.9. The Bertz CT molecular complexity index is 626. The molecule has 0 bridgehead atoms. The van der Waals surface area contributed by atoms with E-state index in [1.54, 1.807) is 30.3 Å². The van der Waals surface area contributed by atoms with E-state index in [-0.39, 0.29) is 11.6 Å². The third-order valence-electron chi connectivity index (χ3n) is 5.38. The van der Waals surface area contributed by atoms with Crippen LogP contribution < -0.4 is 0 Å². The van der Waals surface area contributed by atoms with E-state index >= 15 is 0 Å². The Balaban J connectivity index is 0.000000269. The van der Waals surface area contributed by atoms with Gasteiger partial charge >= 0.3 is 0 Å². The summed E-state index contributed by atoms with van der Waals surface area (Å²) in [5.41, 5.74) is 1.21. The fourth-order valence-corrected chi connectivity index (χ4v) is 3.65. The lowest BCUT2D eigenvalue weighted by atomic mass is 9.86. The quantitative estimate of drug-likeness (QED) is 0.624. The summed E-state index contributed by atoms with van der Waals surface area (Å²) in [4.78, 5) is 2.58. The molecular weight excluding hydrogens is 316 g/mol. The highest BCUT2D eigenvalue weighted by Crippen LogP contribution is 2.34. The van der Waals surface area contributed by atoms with Crippen molar-refractivity contribution in [3.05, 3.63) is 71.8 Å². The van der Waals surface area contributed by atoms with E-state index in [9.17, 15) is 8.78 Å². The molecule has 2 aromatic rings. The SMILES string of the molecule is CC1CC[C@@H](C)N(C(C)c2ccc(F)cc2)C1C.Fc1ccccc1. The number of hydrogen-bond acceptors (Lipinski definition) is 1. The second-order valence-corrected chi connectivity index (χ2v) is 7.11. The summed E-state index contributed by atoms with van der Waals surface area (Å²) in [6.07, 6.45) is 2.58. The molecule has 0 radical (unpaired) electrons. The molecule has 1 fully saturated rings. The standard InChI is InChI=1S/C16H24FN.C6H5F/c1-11-5-6-12(2)18(13(11)3)14(4)15-7-9-16(17)10-8-15;7-6-4-2-1-3-5-6/h7-14H,5-6H2,1-4H3;1-5H/t11?,12-,13?,14?;/m1./s1. The third-order valence-corrected chi connectivity index (χ3v) is 5.38. The van der Waals surface area contributed by atoms with Gasteiger partial charge in [0.05, 0.1) is 0 Å². The number of benzene rings is 2. The molecular formula is C22H29F2N. The smallest absolute Gasteiger partial charge is 0.123 e. The first-order valence-electron chi connectivity index (χ1n) is 9.13. The number of halogens is 2. The lowest BCUT2D eigenvalue weighted by Gasteiger charge is -2.46. The second kappa shape index (κ2) is 9.10. The summed E-state index contributed by atoms with van der Waals surface area (Å²) in [6.45, 7) is 9.20. The van der Waals surface area contributed by atoms with E-state index < -0.39 is 0 Å². The Kier molecular flexibility index (Phi) is 7.12. The monoisotopic (exact) mass is 345 g/mol. The molecule has 0 spiro atoms. The van der Waals surface area contributed by atoms with Crippen LogP contribution in [0, 0.1) is 17.6 Å². The van der Waals surface area contributed by atoms with Crippen LogP contribution in [0.1, 0.15) is 52.1 Å². The van der Waals surface area contributed by atoms with E-state index in [0.717, 1.165) is 5.92 Å². The topological polar surface area (TPSA) is 3.24 Å². The van der Waals surface area contributed by atoms with Gasteiger partial charge in [0.2, 0.25) is 0 Å². The lowest BCUT2D eigenvalue weighted by Crippen LogP contribution is -2.48. The molecule has 1 saturated heterocycles. The molecule has 0 saturated carbocycles. The number of likely N-dealkylation sites (tertiary alicyclic amines) is 1. The van der Waals surface area contributed by atoms with Gasteiger partial charge in [-0.15, -0.1) is 0 Å². The molecule has 0 amide bonds. The van der Waals surface area contributed by atoms with Crippen molar-refractivity contribution in [3.63, 3.8) is 0 Å². The van der Waals surface area contributed by atoms with Crippen LogP contribution in [0.2, 0.25) is 0 Å². The molecule has 3 heteroatoms. The number of piperidine rings is 1. The van der Waals surface area contributed by atoms with Crippen molar-refractivity contribution in [2.75, 3.05) is 0 Å². The van der Waals surface area contributed by atoms with E-state index in [0.29, 0.717) is 18.1 Å². The summed E-state index contributed by atoms with van der Waals surface area (Å²) >= 11 is 0. The van der Waals surface area contributed by atoms with Gasteiger partial charge in [-0.25, -0.2) is 8.78 Å². The maximum atomic E-state index is 13.0. The fourth-order valence-electron chi connectivity index (χ4n) is 3.65. The van der Waals surface area contributed by atoms with Crippen molar-refractivity contribution in [1.29, 1.82) is 0 Å². The van der Waals surface area contributed by atoms with Gasteiger partial charge in [-0.1, -0.05) is 37.3 Å². The summed E-state index contributed by atoms with van der Waals surface area (Å²) in [5, 5.41) is 0. The van der Waals surface area contributed by atoms with Gasteiger partial charge < -0.3 is 0 Å². The van der Waals surface area contributed by atoms with Crippen molar-refractivity contribution in [2.45, 2.75) is 58.7 Å². The first kappa shape index (κ1) is 19.6. The maximum absolute atomic E-state index is 13.0. The molecule has 3 rings (SSSR count). The number of rotatable bonds is 2. The zero-order valence-corrected chi connectivity index (χ0v) is 15.6. The van der Waals surface area contributed by atoms with Crippen LogP contribution in [0.4, 0.5) is 8.78 Å². The van der Waals surface area contributed by atoms with Gasteiger partial charge in [-0.05, 0) is 69.4 Å². The minimum atomic E-state index is -0.178. The Labute approximate surface area is 150 Å². The van der Waals surface area contributed by atoms with E-state index in [1.807, 2.05) is 12.1 Å². The van der Waals surface area contributed by atoms with Crippen LogP contribution in [0.3, 0.4) is 0 Å². The molecule has 0 aromatic heterocycles. The second-order valence-electron chi connectivity index (χ2n) is 7.11. The van der Waals surface area contributed by atoms with Crippen molar-refractivity contribution < 1.29 is 8.78 Å². The van der Waals surface area contributed by atoms with E-state index in [4.69, 9.17) is 0 Å². The minimum Gasteiger partial charge on any atom is -0.291 e. The Morgan fingerprint density at radius 2 is 1.40 bits per heavy atom. The van der Waals surface area contributed by atoms with E-state index in [1.165, 1.54) is 30.5 Å². The van der Waals surface area contributed by atoms with Gasteiger partial charge in [-0.2, -0.15) is 0 Å². The van der Waals surface area contributed by atoms with Crippen LogP contribution in [0.25, 0.3) is 0 Å². The first-order valence-corrected chi connectivity index (χ1v) is 9.13. The molecule has 2 aromatic carbocycles. The van der Waals surface area contributed by atoms with Crippen LogP contribution in [-0.4, -0.2) is 17.0 Å². The molecule has 25 heavy (non-hydrogen) atoms. The molecule has 1 heterocycles. The van der Waals surface area contributed by atoms with Crippen molar-refractivity contribution in [1.82, 2.24) is 4.90 Å². The van der Waals surface area contributed by atoms with Gasteiger partial charge in [0.25, 0.3) is 0 Å². The minimum absolute atomic E-state index is 0.154. The van der Waals surface area contributed by atoms with Gasteiger partial charge in [-0.3, -0.25) is 4.90 Å². The molecule has 1 nitrogen and oxygen atoms in total. The average molecular weight is 345 g/mol. The largest absolute Gasteiger partial charge is 0.291 e. The van der Waals surface area contributed by atoms with E-state index in [2.05, 4.69) is 32.6 Å². The zero-order valence-electron chi connectivity index (χ0n) is 15.6. The number of nitrogens with zero attached hydrogens (tertiary/aromatic N) is 1. The predicted molar refractivity (Wildman–Crippen MR) is 100 cm³/mol. The highest BCUT2D eigenvalue weighted by Gasteiger charge is 2.33. The van der Waals surface area contributed by atoms with Crippen molar-refractivity contribution in [3.8, 4) is 0 Å². The predicted octanol–water partition coefficient (Wildman–Crippen LogP) is 6.22. The Morgan fingerprint density at radius 3 is 1.92 bits per heavy atom. The highest BCUT2D eigenvalue weighted by atomic mass is 19.1. The molecule has 0 aliphatic carbocycles. The maximum Gasteiger partial charge on any atom is 0.123 e. The van der Waals surface area contributed by atoms with Gasteiger partial charge in [0, 0.05) is 18.1 Å². The fraction of sp³-hybridized carbons (Fsp3) is 0.455. The van der Waals surface area contributed by atoms with Crippen LogP contribution in [0.15, 0.2) is 54.6 Å². The average Bonchev–Trinajstić information content (AvgIpc) is 2.60.